The Hall–Kier alpha value is -1.55. The molecule has 2 aliphatic rings. The first-order valence-corrected chi connectivity index (χ1v) is 7.93. The molecule has 3 unspecified atom stereocenters. The van der Waals surface area contributed by atoms with Crippen LogP contribution in [0.3, 0.4) is 0 Å². The van der Waals surface area contributed by atoms with Crippen LogP contribution in [0, 0.1) is 5.92 Å². The average molecular weight is 288 g/mol. The third-order valence-corrected chi connectivity index (χ3v) is 4.84. The van der Waals surface area contributed by atoms with Crippen LogP contribution in [0.4, 0.5) is 4.79 Å². The summed E-state index contributed by atoms with van der Waals surface area (Å²) in [6, 6.07) is 10.7. The minimum atomic E-state index is -0.263. The smallest absolute Gasteiger partial charge is 0.317 e. The van der Waals surface area contributed by atoms with Gasteiger partial charge in [0.2, 0.25) is 0 Å². The highest BCUT2D eigenvalue weighted by atomic mass is 16.3. The van der Waals surface area contributed by atoms with Gasteiger partial charge in [0.1, 0.15) is 0 Å². The van der Waals surface area contributed by atoms with E-state index < -0.39 is 0 Å². The molecule has 4 heteroatoms. The fraction of sp³-hybridized carbons (Fsp3) is 0.588. The maximum atomic E-state index is 12.3. The van der Waals surface area contributed by atoms with Gasteiger partial charge in [0.15, 0.2) is 0 Å². The summed E-state index contributed by atoms with van der Waals surface area (Å²) in [5, 5.41) is 12.7. The van der Waals surface area contributed by atoms with Crippen LogP contribution in [0.15, 0.2) is 30.3 Å². The Morgan fingerprint density at radius 1 is 1.29 bits per heavy atom. The predicted molar refractivity (Wildman–Crippen MR) is 82.1 cm³/mol. The first-order valence-electron chi connectivity index (χ1n) is 7.93. The number of rotatable bonds is 3. The van der Waals surface area contributed by atoms with E-state index in [0.717, 1.165) is 32.4 Å². The topological polar surface area (TPSA) is 52.6 Å². The third-order valence-electron chi connectivity index (χ3n) is 4.84. The van der Waals surface area contributed by atoms with E-state index in [1.807, 2.05) is 30.0 Å². The summed E-state index contributed by atoms with van der Waals surface area (Å²) in [6.45, 7) is 3.35. The summed E-state index contributed by atoms with van der Waals surface area (Å²) < 4.78 is 0. The Morgan fingerprint density at radius 2 is 1.95 bits per heavy atom. The van der Waals surface area contributed by atoms with Gasteiger partial charge in [-0.2, -0.15) is 0 Å². The summed E-state index contributed by atoms with van der Waals surface area (Å²) in [5.74, 6) is 0.817. The van der Waals surface area contributed by atoms with Crippen molar-refractivity contribution in [1.82, 2.24) is 10.2 Å². The van der Waals surface area contributed by atoms with Gasteiger partial charge in [-0.1, -0.05) is 30.3 Å². The summed E-state index contributed by atoms with van der Waals surface area (Å²) in [6.07, 6.45) is 2.58. The van der Waals surface area contributed by atoms with Crippen molar-refractivity contribution in [2.45, 2.75) is 44.2 Å². The number of carbonyl (C=O) groups excluding carboxylic acids is 1. The number of amides is 2. The molecule has 114 valence electrons. The zero-order chi connectivity index (χ0) is 14.8. The van der Waals surface area contributed by atoms with E-state index in [-0.39, 0.29) is 18.2 Å². The first-order chi connectivity index (χ1) is 10.1. The van der Waals surface area contributed by atoms with Crippen LogP contribution in [0.1, 0.15) is 37.7 Å². The maximum Gasteiger partial charge on any atom is 0.317 e. The van der Waals surface area contributed by atoms with Crippen molar-refractivity contribution in [2.24, 2.45) is 5.92 Å². The molecular formula is C17H24N2O2. The number of likely N-dealkylation sites (tertiary alicyclic amines) is 1. The maximum absolute atomic E-state index is 12.3. The Morgan fingerprint density at radius 3 is 2.57 bits per heavy atom. The Labute approximate surface area is 126 Å². The molecular weight excluding hydrogens is 264 g/mol. The zero-order valence-electron chi connectivity index (χ0n) is 12.5. The van der Waals surface area contributed by atoms with E-state index in [0.29, 0.717) is 11.8 Å². The summed E-state index contributed by atoms with van der Waals surface area (Å²) in [7, 11) is 0. The van der Waals surface area contributed by atoms with E-state index in [1.165, 1.54) is 5.56 Å². The van der Waals surface area contributed by atoms with Gasteiger partial charge in [-0.15, -0.1) is 0 Å². The van der Waals surface area contributed by atoms with E-state index in [2.05, 4.69) is 17.4 Å². The number of carbonyl (C=O) groups is 1. The largest absolute Gasteiger partial charge is 0.393 e. The van der Waals surface area contributed by atoms with E-state index in [1.54, 1.807) is 0 Å². The average Bonchev–Trinajstić information content (AvgIpc) is 3.27. The van der Waals surface area contributed by atoms with Crippen LogP contribution >= 0.6 is 0 Å². The number of urea groups is 1. The second-order valence-corrected chi connectivity index (χ2v) is 6.37. The van der Waals surface area contributed by atoms with Crippen LogP contribution in [0.25, 0.3) is 0 Å². The summed E-state index contributed by atoms with van der Waals surface area (Å²) in [5.41, 5.74) is 1.32. The van der Waals surface area contributed by atoms with Crippen LogP contribution in [-0.4, -0.2) is 41.3 Å². The molecule has 0 bridgehead atoms. The first kappa shape index (κ1) is 14.4. The van der Waals surface area contributed by atoms with Crippen LogP contribution in [-0.2, 0) is 0 Å². The van der Waals surface area contributed by atoms with Crippen molar-refractivity contribution in [3.8, 4) is 0 Å². The van der Waals surface area contributed by atoms with Gasteiger partial charge in [0.25, 0.3) is 0 Å². The number of aliphatic hydroxyl groups is 1. The molecule has 21 heavy (non-hydrogen) atoms. The lowest BCUT2D eigenvalue weighted by Gasteiger charge is -2.33. The van der Waals surface area contributed by atoms with E-state index >= 15 is 0 Å². The van der Waals surface area contributed by atoms with Gasteiger partial charge in [-0.25, -0.2) is 4.79 Å². The quantitative estimate of drug-likeness (QED) is 0.897. The van der Waals surface area contributed by atoms with Gasteiger partial charge in [-0.3, -0.25) is 0 Å². The number of hydrogen-bond acceptors (Lipinski definition) is 2. The highest BCUT2D eigenvalue weighted by Crippen LogP contribution is 2.40. The highest BCUT2D eigenvalue weighted by molar-refractivity contribution is 5.75. The van der Waals surface area contributed by atoms with E-state index in [9.17, 15) is 9.90 Å². The van der Waals surface area contributed by atoms with Crippen molar-refractivity contribution in [3.05, 3.63) is 35.9 Å². The Kier molecular flexibility index (Phi) is 4.15. The highest BCUT2D eigenvalue weighted by Gasteiger charge is 2.40. The molecule has 3 atom stereocenters. The van der Waals surface area contributed by atoms with Gasteiger partial charge < -0.3 is 15.3 Å². The second kappa shape index (κ2) is 6.06. The van der Waals surface area contributed by atoms with Crippen molar-refractivity contribution in [3.63, 3.8) is 0 Å². The molecule has 1 aromatic carbocycles. The molecule has 0 radical (unpaired) electrons. The number of benzene rings is 1. The SMILES string of the molecule is CC(O)C1CCN(C(=O)NC2CC2c2ccccc2)CC1. The standard InChI is InChI=1S/C17H24N2O2/c1-12(20)13-7-9-19(10-8-13)17(21)18-16-11-15(16)14-5-3-2-4-6-14/h2-6,12-13,15-16,20H,7-11H2,1H3,(H,18,21). The summed E-state index contributed by atoms with van der Waals surface area (Å²) >= 11 is 0. The van der Waals surface area contributed by atoms with Crippen LogP contribution < -0.4 is 5.32 Å². The van der Waals surface area contributed by atoms with Crippen molar-refractivity contribution < 1.29 is 9.90 Å². The lowest BCUT2D eigenvalue weighted by Crippen LogP contribution is -2.46. The molecule has 2 N–H and O–H groups in total. The molecule has 0 spiro atoms. The lowest BCUT2D eigenvalue weighted by molar-refractivity contribution is 0.0797. The monoisotopic (exact) mass is 288 g/mol. The fourth-order valence-corrected chi connectivity index (χ4v) is 3.26. The molecule has 0 aromatic heterocycles. The molecule has 3 rings (SSSR count). The molecule has 1 heterocycles. The number of piperidine rings is 1. The molecule has 1 saturated carbocycles. The van der Waals surface area contributed by atoms with Crippen molar-refractivity contribution in [2.75, 3.05) is 13.1 Å². The Balaban J connectivity index is 1.46. The molecule has 1 aromatic rings. The van der Waals surface area contributed by atoms with Gasteiger partial charge in [0.05, 0.1) is 6.10 Å². The molecule has 4 nitrogen and oxygen atoms in total. The molecule has 2 fully saturated rings. The number of aliphatic hydroxyl groups excluding tert-OH is 1. The number of nitrogens with one attached hydrogen (secondary N) is 1. The Bertz CT molecular complexity index is 481. The van der Waals surface area contributed by atoms with Crippen molar-refractivity contribution in [1.29, 1.82) is 0 Å². The minimum absolute atomic E-state index is 0.0578. The summed E-state index contributed by atoms with van der Waals surface area (Å²) in [4.78, 5) is 14.1. The van der Waals surface area contributed by atoms with E-state index in [4.69, 9.17) is 0 Å². The fourth-order valence-electron chi connectivity index (χ4n) is 3.26. The molecule has 1 aliphatic heterocycles. The number of hydrogen-bond donors (Lipinski definition) is 2. The van der Waals surface area contributed by atoms with Crippen molar-refractivity contribution >= 4 is 6.03 Å². The predicted octanol–water partition coefficient (Wildman–Crippen LogP) is 2.34. The molecule has 1 saturated heterocycles. The minimum Gasteiger partial charge on any atom is -0.393 e. The van der Waals surface area contributed by atoms with Gasteiger partial charge >= 0.3 is 6.03 Å². The van der Waals surface area contributed by atoms with Gasteiger partial charge in [-0.05, 0) is 37.7 Å². The zero-order valence-corrected chi connectivity index (χ0v) is 12.5. The lowest BCUT2D eigenvalue weighted by atomic mass is 9.92. The van der Waals surface area contributed by atoms with Crippen LogP contribution in [0.2, 0.25) is 0 Å². The second-order valence-electron chi connectivity index (χ2n) is 6.37. The molecule has 2 amide bonds. The third kappa shape index (κ3) is 3.38. The number of nitrogens with zero attached hydrogens (tertiary/aromatic N) is 1. The normalized spacial score (nSPS) is 27.2. The molecule has 1 aliphatic carbocycles. The van der Waals surface area contributed by atoms with Crippen LogP contribution in [0.5, 0.6) is 0 Å². The van der Waals surface area contributed by atoms with Gasteiger partial charge in [0, 0.05) is 25.0 Å².